The standard InChI is InChI=1S/C18H14N6O/c25-18(17-12-20-24(23-17)15-7-2-1-3-8-15)21-14-6-4-5-13(11-14)16-9-10-19-22-16/h1-12H,(H,19,22)(H,21,25). The van der Waals surface area contributed by atoms with Gasteiger partial charge >= 0.3 is 0 Å². The SMILES string of the molecule is O=C(Nc1cccc(-c2ccn[nH]2)c1)c1cnn(-c2ccccc2)n1. The summed E-state index contributed by atoms with van der Waals surface area (Å²) in [5.41, 5.74) is 3.53. The van der Waals surface area contributed by atoms with Crippen molar-refractivity contribution in [1.82, 2.24) is 25.2 Å². The largest absolute Gasteiger partial charge is 0.321 e. The molecule has 2 heterocycles. The topological polar surface area (TPSA) is 88.5 Å². The minimum absolute atomic E-state index is 0.246. The Morgan fingerprint density at radius 1 is 1.04 bits per heavy atom. The minimum atomic E-state index is -0.316. The summed E-state index contributed by atoms with van der Waals surface area (Å²) in [4.78, 5) is 13.8. The Kier molecular flexibility index (Phi) is 3.80. The molecule has 0 saturated heterocycles. The Bertz CT molecular complexity index is 991. The van der Waals surface area contributed by atoms with E-state index in [9.17, 15) is 4.79 Å². The maximum absolute atomic E-state index is 12.4. The zero-order chi connectivity index (χ0) is 17.1. The van der Waals surface area contributed by atoms with Gasteiger partial charge in [0.1, 0.15) is 0 Å². The van der Waals surface area contributed by atoms with E-state index in [2.05, 4.69) is 25.7 Å². The lowest BCUT2D eigenvalue weighted by molar-refractivity contribution is 0.102. The van der Waals surface area contributed by atoms with Crippen LogP contribution in [-0.4, -0.2) is 31.1 Å². The lowest BCUT2D eigenvalue weighted by Crippen LogP contribution is -2.13. The molecule has 0 aliphatic rings. The van der Waals surface area contributed by atoms with Crippen molar-refractivity contribution in [3.8, 4) is 16.9 Å². The van der Waals surface area contributed by atoms with Crippen LogP contribution in [0.5, 0.6) is 0 Å². The Hall–Kier alpha value is -3.74. The van der Waals surface area contributed by atoms with Crippen LogP contribution in [0.25, 0.3) is 16.9 Å². The lowest BCUT2D eigenvalue weighted by Gasteiger charge is -2.05. The fourth-order valence-electron chi connectivity index (χ4n) is 2.43. The predicted molar refractivity (Wildman–Crippen MR) is 93.3 cm³/mol. The average molecular weight is 330 g/mol. The van der Waals surface area contributed by atoms with Gasteiger partial charge in [-0.2, -0.15) is 15.0 Å². The summed E-state index contributed by atoms with van der Waals surface area (Å²) in [5.74, 6) is -0.316. The number of aromatic amines is 1. The van der Waals surface area contributed by atoms with Crippen LogP contribution >= 0.6 is 0 Å². The first-order chi connectivity index (χ1) is 12.3. The highest BCUT2D eigenvalue weighted by molar-refractivity contribution is 6.02. The molecule has 0 bridgehead atoms. The van der Waals surface area contributed by atoms with Crippen molar-refractivity contribution in [2.24, 2.45) is 0 Å². The van der Waals surface area contributed by atoms with Crippen molar-refractivity contribution in [2.75, 3.05) is 5.32 Å². The number of benzene rings is 2. The Balaban J connectivity index is 1.53. The van der Waals surface area contributed by atoms with Gasteiger partial charge in [0.15, 0.2) is 5.69 Å². The van der Waals surface area contributed by atoms with Gasteiger partial charge in [-0.05, 0) is 30.3 Å². The molecule has 0 saturated carbocycles. The first kappa shape index (κ1) is 14.8. The first-order valence-corrected chi connectivity index (χ1v) is 7.68. The van der Waals surface area contributed by atoms with Crippen molar-refractivity contribution < 1.29 is 4.79 Å². The molecule has 7 heteroatoms. The van der Waals surface area contributed by atoms with Crippen LogP contribution in [0.1, 0.15) is 10.5 Å². The number of carbonyl (C=O) groups excluding carboxylic acids is 1. The quantitative estimate of drug-likeness (QED) is 0.602. The van der Waals surface area contributed by atoms with Crippen LogP contribution in [-0.2, 0) is 0 Å². The molecule has 0 atom stereocenters. The van der Waals surface area contributed by atoms with E-state index in [0.29, 0.717) is 5.69 Å². The molecular weight excluding hydrogens is 316 g/mol. The second-order valence-electron chi connectivity index (χ2n) is 5.36. The third kappa shape index (κ3) is 3.16. The molecule has 2 aromatic carbocycles. The van der Waals surface area contributed by atoms with Gasteiger partial charge in [0, 0.05) is 17.4 Å². The predicted octanol–water partition coefficient (Wildman–Crippen LogP) is 2.91. The van der Waals surface area contributed by atoms with E-state index in [1.807, 2.05) is 60.7 Å². The van der Waals surface area contributed by atoms with Crippen molar-refractivity contribution >= 4 is 11.6 Å². The van der Waals surface area contributed by atoms with Gasteiger partial charge in [-0.3, -0.25) is 9.89 Å². The molecule has 0 radical (unpaired) electrons. The molecule has 4 rings (SSSR count). The van der Waals surface area contributed by atoms with Crippen LogP contribution in [0.3, 0.4) is 0 Å². The summed E-state index contributed by atoms with van der Waals surface area (Å²) in [5, 5.41) is 18.0. The molecule has 2 aromatic heterocycles. The molecule has 7 nitrogen and oxygen atoms in total. The van der Waals surface area contributed by atoms with Crippen molar-refractivity contribution in [2.45, 2.75) is 0 Å². The summed E-state index contributed by atoms with van der Waals surface area (Å²) < 4.78 is 0. The number of carbonyl (C=O) groups is 1. The van der Waals surface area contributed by atoms with Crippen molar-refractivity contribution in [3.05, 3.63) is 78.8 Å². The van der Waals surface area contributed by atoms with Crippen LogP contribution in [0, 0.1) is 0 Å². The molecule has 122 valence electrons. The van der Waals surface area contributed by atoms with E-state index in [1.165, 1.54) is 11.0 Å². The van der Waals surface area contributed by atoms with Gasteiger partial charge in [-0.25, -0.2) is 0 Å². The van der Waals surface area contributed by atoms with E-state index < -0.39 is 0 Å². The highest BCUT2D eigenvalue weighted by Gasteiger charge is 2.12. The number of rotatable bonds is 4. The summed E-state index contributed by atoms with van der Waals surface area (Å²) in [6.45, 7) is 0. The van der Waals surface area contributed by atoms with Gasteiger partial charge < -0.3 is 5.32 Å². The smallest absolute Gasteiger partial charge is 0.277 e. The Labute approximate surface area is 143 Å². The van der Waals surface area contributed by atoms with Crippen LogP contribution in [0.2, 0.25) is 0 Å². The molecule has 0 aliphatic carbocycles. The molecule has 1 amide bonds. The Morgan fingerprint density at radius 3 is 2.72 bits per heavy atom. The zero-order valence-corrected chi connectivity index (χ0v) is 13.1. The summed E-state index contributed by atoms with van der Waals surface area (Å²) >= 11 is 0. The van der Waals surface area contributed by atoms with Crippen molar-refractivity contribution in [3.63, 3.8) is 0 Å². The van der Waals surface area contributed by atoms with Crippen LogP contribution in [0.15, 0.2) is 73.1 Å². The molecule has 0 fully saturated rings. The molecule has 0 unspecified atom stereocenters. The molecule has 0 spiro atoms. The number of aromatic nitrogens is 5. The van der Waals surface area contributed by atoms with Gasteiger partial charge in [0.2, 0.25) is 0 Å². The second kappa shape index (κ2) is 6.40. The third-order valence-corrected chi connectivity index (χ3v) is 3.64. The number of hydrogen-bond acceptors (Lipinski definition) is 4. The number of hydrogen-bond donors (Lipinski definition) is 2. The normalized spacial score (nSPS) is 10.6. The lowest BCUT2D eigenvalue weighted by atomic mass is 10.1. The fourth-order valence-corrected chi connectivity index (χ4v) is 2.43. The molecule has 25 heavy (non-hydrogen) atoms. The summed E-state index contributed by atoms with van der Waals surface area (Å²) in [6.07, 6.45) is 3.13. The summed E-state index contributed by atoms with van der Waals surface area (Å²) in [6, 6.07) is 18.8. The van der Waals surface area contributed by atoms with E-state index in [1.54, 1.807) is 6.20 Å². The zero-order valence-electron chi connectivity index (χ0n) is 13.1. The second-order valence-corrected chi connectivity index (χ2v) is 5.36. The van der Waals surface area contributed by atoms with E-state index in [4.69, 9.17) is 0 Å². The number of amides is 1. The monoisotopic (exact) mass is 330 g/mol. The first-order valence-electron chi connectivity index (χ1n) is 7.68. The third-order valence-electron chi connectivity index (χ3n) is 3.64. The maximum atomic E-state index is 12.4. The number of anilines is 1. The van der Waals surface area contributed by atoms with Gasteiger partial charge in [-0.15, -0.1) is 5.10 Å². The highest BCUT2D eigenvalue weighted by Crippen LogP contribution is 2.20. The number of H-pyrrole nitrogens is 1. The van der Waals surface area contributed by atoms with Gasteiger partial charge in [0.25, 0.3) is 5.91 Å². The maximum Gasteiger partial charge on any atom is 0.277 e. The highest BCUT2D eigenvalue weighted by atomic mass is 16.2. The Morgan fingerprint density at radius 2 is 1.92 bits per heavy atom. The molecular formula is C18H14N6O. The molecule has 2 N–H and O–H groups in total. The number of para-hydroxylation sites is 1. The average Bonchev–Trinajstić information content (AvgIpc) is 3.35. The van der Waals surface area contributed by atoms with Gasteiger partial charge in [0.05, 0.1) is 17.6 Å². The number of nitrogens with zero attached hydrogens (tertiary/aromatic N) is 4. The fraction of sp³-hybridized carbons (Fsp3) is 0. The van der Waals surface area contributed by atoms with Gasteiger partial charge in [-0.1, -0.05) is 30.3 Å². The number of nitrogens with one attached hydrogen (secondary N) is 2. The minimum Gasteiger partial charge on any atom is -0.321 e. The van der Waals surface area contributed by atoms with E-state index in [-0.39, 0.29) is 11.6 Å². The van der Waals surface area contributed by atoms with E-state index >= 15 is 0 Å². The van der Waals surface area contributed by atoms with Crippen LogP contribution in [0.4, 0.5) is 5.69 Å². The molecule has 0 aliphatic heterocycles. The van der Waals surface area contributed by atoms with Crippen LogP contribution < -0.4 is 5.32 Å². The van der Waals surface area contributed by atoms with E-state index in [0.717, 1.165) is 16.9 Å². The molecule has 4 aromatic rings. The van der Waals surface area contributed by atoms with Crippen molar-refractivity contribution in [1.29, 1.82) is 0 Å². The summed E-state index contributed by atoms with van der Waals surface area (Å²) in [7, 11) is 0.